The Hall–Kier alpha value is -1.33. The molecular formula is C11H16N2O3. The van der Waals surface area contributed by atoms with Crippen LogP contribution in [0.2, 0.25) is 0 Å². The third-order valence-corrected chi connectivity index (χ3v) is 2.60. The third kappa shape index (κ3) is 2.25. The molecule has 88 valence electrons. The highest BCUT2D eigenvalue weighted by Gasteiger charge is 2.19. The first kappa shape index (κ1) is 11.2. The highest BCUT2D eigenvalue weighted by Crippen LogP contribution is 2.28. The van der Waals surface area contributed by atoms with Gasteiger partial charge in [0.25, 0.3) is 0 Å². The maximum Gasteiger partial charge on any atom is 0.216 e. The number of nitrogens with one attached hydrogen (secondary N) is 1. The summed E-state index contributed by atoms with van der Waals surface area (Å²) in [6.45, 7) is 2.24. The number of aromatic nitrogens is 1. The van der Waals surface area contributed by atoms with Gasteiger partial charge in [-0.3, -0.25) is 0 Å². The lowest BCUT2D eigenvalue weighted by Crippen LogP contribution is -2.34. The molecule has 0 saturated carbocycles. The summed E-state index contributed by atoms with van der Waals surface area (Å²) in [5, 5.41) is 3.36. The molecule has 1 aromatic heterocycles. The van der Waals surface area contributed by atoms with Crippen molar-refractivity contribution < 1.29 is 14.2 Å². The molecule has 5 heteroatoms. The molecule has 0 aromatic carbocycles. The van der Waals surface area contributed by atoms with Crippen LogP contribution in [0.1, 0.15) is 11.6 Å². The third-order valence-electron chi connectivity index (χ3n) is 2.60. The summed E-state index contributed by atoms with van der Waals surface area (Å²) in [5.41, 5.74) is 1.00. The molecule has 5 nitrogen and oxygen atoms in total. The quantitative estimate of drug-likeness (QED) is 0.821. The van der Waals surface area contributed by atoms with Crippen molar-refractivity contribution in [1.82, 2.24) is 10.3 Å². The summed E-state index contributed by atoms with van der Waals surface area (Å²) in [5.74, 6) is 1.33. The summed E-state index contributed by atoms with van der Waals surface area (Å²) < 4.78 is 15.8. The van der Waals surface area contributed by atoms with Crippen molar-refractivity contribution in [3.05, 3.63) is 17.8 Å². The number of pyridine rings is 1. The predicted octanol–water partition coefficient (Wildman–Crippen LogP) is 0.760. The van der Waals surface area contributed by atoms with Gasteiger partial charge < -0.3 is 19.5 Å². The van der Waals surface area contributed by atoms with E-state index in [-0.39, 0.29) is 6.04 Å². The predicted molar refractivity (Wildman–Crippen MR) is 58.9 cm³/mol. The molecule has 16 heavy (non-hydrogen) atoms. The Morgan fingerprint density at radius 3 is 2.94 bits per heavy atom. The van der Waals surface area contributed by atoms with Crippen molar-refractivity contribution >= 4 is 0 Å². The van der Waals surface area contributed by atoms with Crippen LogP contribution in [-0.2, 0) is 4.74 Å². The Balaban J connectivity index is 2.24. The molecule has 0 radical (unpaired) electrons. The minimum atomic E-state index is 0.141. The van der Waals surface area contributed by atoms with E-state index in [0.717, 1.165) is 24.5 Å². The first-order valence-corrected chi connectivity index (χ1v) is 5.24. The average Bonchev–Trinajstić information content (AvgIpc) is 2.39. The monoisotopic (exact) mass is 224 g/mol. The normalized spacial score (nSPS) is 20.5. The molecule has 0 bridgehead atoms. The van der Waals surface area contributed by atoms with Crippen molar-refractivity contribution in [2.75, 3.05) is 34.0 Å². The molecule has 1 N–H and O–H groups in total. The summed E-state index contributed by atoms with van der Waals surface area (Å²) in [6.07, 6.45) is 1.77. The van der Waals surface area contributed by atoms with Gasteiger partial charge in [0.1, 0.15) is 5.75 Å². The number of morpholine rings is 1. The SMILES string of the molecule is COc1cc(OC)c(C2COCCN2)cn1. The van der Waals surface area contributed by atoms with Crippen LogP contribution in [0, 0.1) is 0 Å². The van der Waals surface area contributed by atoms with Crippen molar-refractivity contribution in [3.63, 3.8) is 0 Å². The van der Waals surface area contributed by atoms with E-state index in [1.165, 1.54) is 0 Å². The Morgan fingerprint density at radius 2 is 2.31 bits per heavy atom. The fourth-order valence-electron chi connectivity index (χ4n) is 1.74. The topological polar surface area (TPSA) is 52.6 Å². The minimum Gasteiger partial charge on any atom is -0.496 e. The lowest BCUT2D eigenvalue weighted by atomic mass is 10.1. The molecule has 0 aliphatic carbocycles. The van der Waals surface area contributed by atoms with E-state index in [9.17, 15) is 0 Å². The van der Waals surface area contributed by atoms with Crippen LogP contribution in [0.15, 0.2) is 12.3 Å². The zero-order valence-electron chi connectivity index (χ0n) is 9.53. The molecule has 0 amide bonds. The molecular weight excluding hydrogens is 208 g/mol. The molecule has 1 aliphatic rings. The Labute approximate surface area is 94.7 Å². The van der Waals surface area contributed by atoms with Gasteiger partial charge in [0.15, 0.2) is 0 Å². The number of methoxy groups -OCH3 is 2. The van der Waals surface area contributed by atoms with Gasteiger partial charge in [-0.1, -0.05) is 0 Å². The van der Waals surface area contributed by atoms with Crippen molar-refractivity contribution in [1.29, 1.82) is 0 Å². The van der Waals surface area contributed by atoms with Crippen LogP contribution in [-0.4, -0.2) is 39.0 Å². The molecule has 0 spiro atoms. The van der Waals surface area contributed by atoms with E-state index in [4.69, 9.17) is 14.2 Å². The van der Waals surface area contributed by atoms with Crippen LogP contribution < -0.4 is 14.8 Å². The van der Waals surface area contributed by atoms with E-state index in [1.54, 1.807) is 26.5 Å². The maximum absolute atomic E-state index is 5.42. The molecule has 1 aliphatic heterocycles. The van der Waals surface area contributed by atoms with Crippen molar-refractivity contribution in [2.24, 2.45) is 0 Å². The molecule has 2 rings (SSSR count). The van der Waals surface area contributed by atoms with Crippen LogP contribution in [0.4, 0.5) is 0 Å². The van der Waals surface area contributed by atoms with Gasteiger partial charge >= 0.3 is 0 Å². The second-order valence-corrected chi connectivity index (χ2v) is 3.55. The zero-order valence-corrected chi connectivity index (χ0v) is 9.53. The number of hydrogen-bond donors (Lipinski definition) is 1. The maximum atomic E-state index is 5.42. The summed E-state index contributed by atoms with van der Waals surface area (Å²) >= 11 is 0. The number of hydrogen-bond acceptors (Lipinski definition) is 5. The van der Waals surface area contributed by atoms with E-state index < -0.39 is 0 Å². The Kier molecular flexibility index (Phi) is 3.58. The lowest BCUT2D eigenvalue weighted by Gasteiger charge is -2.25. The first-order chi connectivity index (χ1) is 7.85. The van der Waals surface area contributed by atoms with Crippen molar-refractivity contribution in [3.8, 4) is 11.6 Å². The minimum absolute atomic E-state index is 0.141. The fourth-order valence-corrected chi connectivity index (χ4v) is 1.74. The van der Waals surface area contributed by atoms with Gasteiger partial charge in [0.05, 0.1) is 33.5 Å². The molecule has 1 saturated heterocycles. The van der Waals surface area contributed by atoms with Gasteiger partial charge in [-0.2, -0.15) is 0 Å². The van der Waals surface area contributed by atoms with Crippen LogP contribution in [0.3, 0.4) is 0 Å². The Bertz CT molecular complexity index is 351. The number of ether oxygens (including phenoxy) is 3. The largest absolute Gasteiger partial charge is 0.496 e. The fraction of sp³-hybridized carbons (Fsp3) is 0.545. The molecule has 1 atom stereocenters. The standard InChI is InChI=1S/C11H16N2O3/c1-14-10-5-11(15-2)13-6-8(10)9-7-16-4-3-12-9/h5-6,9,12H,3-4,7H2,1-2H3. The average molecular weight is 224 g/mol. The van der Waals surface area contributed by atoms with Gasteiger partial charge in [-0.05, 0) is 0 Å². The summed E-state index contributed by atoms with van der Waals surface area (Å²) in [4.78, 5) is 4.18. The van der Waals surface area contributed by atoms with E-state index in [2.05, 4.69) is 10.3 Å². The molecule has 2 heterocycles. The van der Waals surface area contributed by atoms with Crippen LogP contribution in [0.5, 0.6) is 11.6 Å². The zero-order chi connectivity index (χ0) is 11.4. The first-order valence-electron chi connectivity index (χ1n) is 5.24. The number of nitrogens with zero attached hydrogens (tertiary/aromatic N) is 1. The van der Waals surface area contributed by atoms with E-state index in [1.807, 2.05) is 0 Å². The van der Waals surface area contributed by atoms with Gasteiger partial charge in [-0.25, -0.2) is 4.98 Å². The van der Waals surface area contributed by atoms with E-state index in [0.29, 0.717) is 12.5 Å². The second kappa shape index (κ2) is 5.14. The van der Waals surface area contributed by atoms with Gasteiger partial charge in [-0.15, -0.1) is 0 Å². The summed E-state index contributed by atoms with van der Waals surface area (Å²) in [7, 11) is 3.23. The summed E-state index contributed by atoms with van der Waals surface area (Å²) in [6, 6.07) is 1.92. The van der Waals surface area contributed by atoms with E-state index >= 15 is 0 Å². The highest BCUT2D eigenvalue weighted by atomic mass is 16.5. The smallest absolute Gasteiger partial charge is 0.216 e. The van der Waals surface area contributed by atoms with Crippen LogP contribution in [0.25, 0.3) is 0 Å². The van der Waals surface area contributed by atoms with Gasteiger partial charge in [0, 0.05) is 24.4 Å². The number of rotatable bonds is 3. The van der Waals surface area contributed by atoms with Crippen molar-refractivity contribution in [2.45, 2.75) is 6.04 Å². The van der Waals surface area contributed by atoms with Crippen LogP contribution >= 0.6 is 0 Å². The Morgan fingerprint density at radius 1 is 1.44 bits per heavy atom. The lowest BCUT2D eigenvalue weighted by molar-refractivity contribution is 0.0759. The second-order valence-electron chi connectivity index (χ2n) is 3.55. The molecule has 1 fully saturated rings. The molecule has 1 unspecified atom stereocenters. The molecule has 1 aromatic rings. The highest BCUT2D eigenvalue weighted by molar-refractivity contribution is 5.37. The van der Waals surface area contributed by atoms with Gasteiger partial charge in [0.2, 0.25) is 5.88 Å².